The molecule has 1 aliphatic heterocycles. The third-order valence-electron chi connectivity index (χ3n) is 5.22. The van der Waals surface area contributed by atoms with Gasteiger partial charge in [-0.2, -0.15) is 0 Å². The number of ether oxygens (including phenoxy) is 2. The van der Waals surface area contributed by atoms with Crippen LogP contribution in [-0.4, -0.2) is 43.9 Å². The molecule has 1 aromatic carbocycles. The van der Waals surface area contributed by atoms with E-state index < -0.39 is 8.25 Å². The standard InChI is InChI=1S/C19H26N3O5P.Na/c1-25-17-11-15-16(12-18(17)26-2)20-13-21-19(15)22-8-3-5-14(7-9-22)6-4-10-27-28(23)24;/h11-14H,3-10H2,1-2H3;/q;+1. The van der Waals surface area contributed by atoms with Crippen molar-refractivity contribution in [2.24, 2.45) is 5.92 Å². The molecule has 2 unspecified atom stereocenters. The average molecular weight is 430 g/mol. The minimum absolute atomic E-state index is 0. The van der Waals surface area contributed by atoms with Crippen LogP contribution in [0.4, 0.5) is 5.82 Å². The second kappa shape index (κ2) is 12.0. The Labute approximate surface area is 194 Å². The molecule has 2 aromatic rings. The summed E-state index contributed by atoms with van der Waals surface area (Å²) in [6.45, 7) is 2.11. The fraction of sp³-hybridized carbons (Fsp3) is 0.579. The Kier molecular flexibility index (Phi) is 10.0. The van der Waals surface area contributed by atoms with E-state index in [9.17, 15) is 9.46 Å². The van der Waals surface area contributed by atoms with Crippen LogP contribution >= 0.6 is 8.25 Å². The molecule has 0 spiro atoms. The largest absolute Gasteiger partial charge is 1.00 e. The van der Waals surface area contributed by atoms with Gasteiger partial charge in [0.05, 0.1) is 19.7 Å². The minimum Gasteiger partial charge on any atom is -0.566 e. The maximum absolute atomic E-state index is 10.5. The van der Waals surface area contributed by atoms with Gasteiger partial charge < -0.3 is 19.3 Å². The van der Waals surface area contributed by atoms with Crippen molar-refractivity contribution >= 4 is 25.0 Å². The molecule has 0 radical (unpaired) electrons. The predicted octanol–water partition coefficient (Wildman–Crippen LogP) is 0.0720. The van der Waals surface area contributed by atoms with Crippen molar-refractivity contribution in [2.75, 3.05) is 38.8 Å². The Hall–Kier alpha value is -1.02. The monoisotopic (exact) mass is 430 g/mol. The van der Waals surface area contributed by atoms with Gasteiger partial charge >= 0.3 is 37.8 Å². The molecular weight excluding hydrogens is 404 g/mol. The Morgan fingerprint density at radius 2 is 1.93 bits per heavy atom. The summed E-state index contributed by atoms with van der Waals surface area (Å²) < 4.78 is 25.9. The first-order valence-electron chi connectivity index (χ1n) is 9.51. The fourth-order valence-electron chi connectivity index (χ4n) is 3.80. The van der Waals surface area contributed by atoms with Gasteiger partial charge in [0.25, 0.3) is 0 Å². The zero-order valence-electron chi connectivity index (χ0n) is 17.3. The summed E-state index contributed by atoms with van der Waals surface area (Å²) >= 11 is 0. The summed E-state index contributed by atoms with van der Waals surface area (Å²) in [6, 6.07) is 3.81. The van der Waals surface area contributed by atoms with E-state index in [0.717, 1.165) is 61.9 Å². The van der Waals surface area contributed by atoms with Crippen LogP contribution in [-0.2, 0) is 9.09 Å². The number of hydrogen-bond acceptors (Lipinski definition) is 8. The van der Waals surface area contributed by atoms with E-state index in [0.29, 0.717) is 17.4 Å². The van der Waals surface area contributed by atoms with Crippen LogP contribution in [0.3, 0.4) is 0 Å². The zero-order chi connectivity index (χ0) is 19.9. The average Bonchev–Trinajstić information content (AvgIpc) is 2.95. The Morgan fingerprint density at radius 3 is 2.66 bits per heavy atom. The Morgan fingerprint density at radius 1 is 1.17 bits per heavy atom. The molecule has 152 valence electrons. The molecule has 29 heavy (non-hydrogen) atoms. The number of hydrogen-bond donors (Lipinski definition) is 0. The normalized spacial score (nSPS) is 17.4. The quantitative estimate of drug-likeness (QED) is 0.330. The van der Waals surface area contributed by atoms with E-state index in [2.05, 4.69) is 19.4 Å². The molecule has 8 nitrogen and oxygen atoms in total. The molecule has 1 aromatic heterocycles. The summed E-state index contributed by atoms with van der Waals surface area (Å²) in [5.41, 5.74) is 0.826. The first-order valence-corrected chi connectivity index (χ1v) is 10.6. The fourth-order valence-corrected chi connectivity index (χ4v) is 4.08. The van der Waals surface area contributed by atoms with Crippen LogP contribution in [0.2, 0.25) is 0 Å². The third kappa shape index (κ3) is 6.48. The molecule has 2 heterocycles. The van der Waals surface area contributed by atoms with E-state index in [1.54, 1.807) is 20.5 Å². The number of anilines is 1. The first-order chi connectivity index (χ1) is 13.6. The first kappa shape index (κ1) is 24.3. The minimum atomic E-state index is -2.74. The van der Waals surface area contributed by atoms with Gasteiger partial charge in [-0.1, -0.05) is 0 Å². The van der Waals surface area contributed by atoms with Crippen LogP contribution in [0, 0.1) is 5.92 Å². The maximum Gasteiger partial charge on any atom is 1.00 e. The van der Waals surface area contributed by atoms with E-state index in [4.69, 9.17) is 9.47 Å². The number of rotatable bonds is 8. The van der Waals surface area contributed by atoms with Crippen molar-refractivity contribution in [3.63, 3.8) is 0 Å². The van der Waals surface area contributed by atoms with Gasteiger partial charge in [-0.05, 0) is 48.7 Å². The number of methoxy groups -OCH3 is 2. The van der Waals surface area contributed by atoms with Gasteiger partial charge in [0.2, 0.25) is 0 Å². The third-order valence-corrected chi connectivity index (χ3v) is 5.61. The van der Waals surface area contributed by atoms with Gasteiger partial charge in [-0.3, -0.25) is 0 Å². The molecule has 2 atom stereocenters. The molecule has 1 saturated heterocycles. The van der Waals surface area contributed by atoms with Crippen molar-refractivity contribution in [3.05, 3.63) is 18.5 Å². The molecule has 0 saturated carbocycles. The van der Waals surface area contributed by atoms with Crippen LogP contribution in [0.5, 0.6) is 11.5 Å². The number of fused-ring (bicyclic) bond motifs is 1. The number of benzene rings is 1. The second-order valence-electron chi connectivity index (χ2n) is 6.90. The van der Waals surface area contributed by atoms with Crippen molar-refractivity contribution in [1.82, 2.24) is 9.97 Å². The van der Waals surface area contributed by atoms with Crippen molar-refractivity contribution < 1.29 is 53.0 Å². The van der Waals surface area contributed by atoms with Gasteiger partial charge in [0.15, 0.2) is 11.5 Å². The summed E-state index contributed by atoms with van der Waals surface area (Å²) in [4.78, 5) is 21.7. The van der Waals surface area contributed by atoms with Crippen molar-refractivity contribution in [1.29, 1.82) is 0 Å². The summed E-state index contributed by atoms with van der Waals surface area (Å²) in [7, 11) is 0.495. The summed E-state index contributed by atoms with van der Waals surface area (Å²) in [5, 5.41) is 0.950. The predicted molar refractivity (Wildman–Crippen MR) is 105 cm³/mol. The molecule has 0 amide bonds. The number of aromatic nitrogens is 2. The van der Waals surface area contributed by atoms with Crippen LogP contribution in [0.15, 0.2) is 18.5 Å². The van der Waals surface area contributed by atoms with E-state index in [1.165, 1.54) is 0 Å². The molecular formula is C19H26N3NaO5P+. The Bertz CT molecular complexity index is 826. The van der Waals surface area contributed by atoms with Gasteiger partial charge in [0.1, 0.15) is 18.8 Å². The van der Waals surface area contributed by atoms with E-state index >= 15 is 0 Å². The van der Waals surface area contributed by atoms with Crippen LogP contribution < -0.4 is 48.8 Å². The smallest absolute Gasteiger partial charge is 0.566 e. The molecule has 1 fully saturated rings. The maximum atomic E-state index is 10.5. The van der Waals surface area contributed by atoms with Crippen LogP contribution in [0.25, 0.3) is 10.9 Å². The van der Waals surface area contributed by atoms with Crippen molar-refractivity contribution in [3.8, 4) is 11.5 Å². The van der Waals surface area contributed by atoms with Gasteiger partial charge in [-0.15, -0.1) is 4.52 Å². The molecule has 1 aliphatic rings. The zero-order valence-corrected chi connectivity index (χ0v) is 20.2. The molecule has 10 heteroatoms. The van der Waals surface area contributed by atoms with Crippen molar-refractivity contribution in [2.45, 2.75) is 32.1 Å². The molecule has 0 N–H and O–H groups in total. The van der Waals surface area contributed by atoms with E-state index in [1.807, 2.05) is 12.1 Å². The molecule has 0 aliphatic carbocycles. The Balaban J connectivity index is 0.00000300. The summed E-state index contributed by atoms with van der Waals surface area (Å²) in [5.74, 6) is 2.80. The van der Waals surface area contributed by atoms with Crippen LogP contribution in [0.1, 0.15) is 32.1 Å². The van der Waals surface area contributed by atoms with Gasteiger partial charge in [-0.25, -0.2) is 9.97 Å². The van der Waals surface area contributed by atoms with Gasteiger partial charge in [0, 0.05) is 24.5 Å². The SMILES string of the molecule is COc1cc2ncnc(N3CCCC(CCCO[P+](=O)[O-])CC3)c2cc1OC.[Na+]. The topological polar surface area (TPSA) is 96.8 Å². The molecule has 0 bridgehead atoms. The molecule has 3 rings (SSSR count). The second-order valence-corrected chi connectivity index (χ2v) is 7.61. The van der Waals surface area contributed by atoms with E-state index in [-0.39, 0.29) is 36.2 Å². The summed E-state index contributed by atoms with van der Waals surface area (Å²) in [6.07, 6.45) is 6.57. The number of nitrogens with zero attached hydrogens (tertiary/aromatic N) is 3.